The van der Waals surface area contributed by atoms with E-state index in [1.165, 1.54) is 0 Å². The zero-order valence-electron chi connectivity index (χ0n) is 17.9. The summed E-state index contributed by atoms with van der Waals surface area (Å²) in [5.41, 5.74) is 1.99. The van der Waals surface area contributed by atoms with Gasteiger partial charge in [0.2, 0.25) is 5.91 Å². The van der Waals surface area contributed by atoms with Gasteiger partial charge in [0.05, 0.1) is 13.2 Å². The second-order valence-corrected chi connectivity index (χ2v) is 7.31. The first-order chi connectivity index (χ1) is 14.5. The van der Waals surface area contributed by atoms with E-state index in [2.05, 4.69) is 29.8 Å². The highest BCUT2D eigenvalue weighted by Crippen LogP contribution is 2.18. The van der Waals surface area contributed by atoms with E-state index < -0.39 is 0 Å². The van der Waals surface area contributed by atoms with Crippen LogP contribution < -0.4 is 20.7 Å². The Morgan fingerprint density at radius 1 is 1.03 bits per heavy atom. The Balaban J connectivity index is 1.78. The molecule has 0 unspecified atom stereocenters. The number of nitrogens with one attached hydrogen (secondary N) is 3. The number of ether oxygens (including phenoxy) is 2. The number of hydrogen-bond donors (Lipinski definition) is 3. The molecule has 0 atom stereocenters. The van der Waals surface area contributed by atoms with Crippen molar-refractivity contribution >= 4 is 23.2 Å². The van der Waals surface area contributed by atoms with Crippen molar-refractivity contribution in [2.75, 3.05) is 44.0 Å². The van der Waals surface area contributed by atoms with Gasteiger partial charge < -0.3 is 25.4 Å². The summed E-state index contributed by atoms with van der Waals surface area (Å²) in [5.74, 6) is 0.885. The van der Waals surface area contributed by atoms with Crippen molar-refractivity contribution in [1.82, 2.24) is 5.32 Å². The number of rotatable bonds is 12. The number of carbonyl (C=O) groups is 2. The van der Waals surface area contributed by atoms with Crippen LogP contribution >= 0.6 is 0 Å². The summed E-state index contributed by atoms with van der Waals surface area (Å²) in [5, 5.41) is 8.73. The fourth-order valence-electron chi connectivity index (χ4n) is 2.57. The molecule has 7 heteroatoms. The SMILES string of the molecule is COCCCNC(=O)c1ccc(NC(=O)CNc2cccc(OCC(C)C)c2)cc1. The normalized spacial score (nSPS) is 10.5. The lowest BCUT2D eigenvalue weighted by atomic mass is 10.2. The zero-order valence-corrected chi connectivity index (χ0v) is 17.9. The van der Waals surface area contributed by atoms with Gasteiger partial charge in [0, 0.05) is 43.3 Å². The topological polar surface area (TPSA) is 88.7 Å². The predicted molar refractivity (Wildman–Crippen MR) is 119 cm³/mol. The summed E-state index contributed by atoms with van der Waals surface area (Å²) in [4.78, 5) is 24.3. The van der Waals surface area contributed by atoms with E-state index in [0.717, 1.165) is 17.9 Å². The van der Waals surface area contributed by atoms with Crippen LogP contribution in [0.4, 0.5) is 11.4 Å². The minimum atomic E-state index is -0.180. The molecule has 2 aromatic rings. The second-order valence-electron chi connectivity index (χ2n) is 7.31. The molecule has 2 amide bonds. The van der Waals surface area contributed by atoms with E-state index in [1.807, 2.05) is 24.3 Å². The molecule has 3 N–H and O–H groups in total. The van der Waals surface area contributed by atoms with Gasteiger partial charge in [-0.25, -0.2) is 0 Å². The van der Waals surface area contributed by atoms with Gasteiger partial charge in [-0.1, -0.05) is 19.9 Å². The second kappa shape index (κ2) is 12.5. The molecule has 0 heterocycles. The molecule has 7 nitrogen and oxygen atoms in total. The third-order valence-corrected chi connectivity index (χ3v) is 4.11. The number of hydrogen-bond acceptors (Lipinski definition) is 5. The van der Waals surface area contributed by atoms with Crippen molar-refractivity contribution < 1.29 is 19.1 Å². The van der Waals surface area contributed by atoms with E-state index in [-0.39, 0.29) is 18.4 Å². The Kier molecular flexibility index (Phi) is 9.67. The molecular weight excluding hydrogens is 382 g/mol. The molecule has 0 saturated carbocycles. The average molecular weight is 414 g/mol. The maximum atomic E-state index is 12.2. The van der Waals surface area contributed by atoms with E-state index in [1.54, 1.807) is 31.4 Å². The molecule has 30 heavy (non-hydrogen) atoms. The number of carbonyl (C=O) groups excluding carboxylic acids is 2. The largest absolute Gasteiger partial charge is 0.493 e. The molecular formula is C23H31N3O4. The highest BCUT2D eigenvalue weighted by molar-refractivity contribution is 5.96. The first-order valence-corrected chi connectivity index (χ1v) is 10.1. The van der Waals surface area contributed by atoms with Gasteiger partial charge in [0.25, 0.3) is 5.91 Å². The third-order valence-electron chi connectivity index (χ3n) is 4.11. The molecule has 2 aromatic carbocycles. The smallest absolute Gasteiger partial charge is 0.251 e. The summed E-state index contributed by atoms with van der Waals surface area (Å²) in [7, 11) is 1.63. The summed E-state index contributed by atoms with van der Waals surface area (Å²) in [6.07, 6.45) is 0.760. The van der Waals surface area contributed by atoms with E-state index >= 15 is 0 Å². The lowest BCUT2D eigenvalue weighted by Gasteiger charge is -2.11. The first kappa shape index (κ1) is 23.2. The van der Waals surface area contributed by atoms with Gasteiger partial charge in [-0.2, -0.15) is 0 Å². The fraction of sp³-hybridized carbons (Fsp3) is 0.391. The summed E-state index contributed by atoms with van der Waals surface area (Å²) in [6.45, 7) is 6.11. The molecule has 0 spiro atoms. The van der Waals surface area contributed by atoms with Crippen LogP contribution in [-0.4, -0.2) is 45.2 Å². The molecule has 2 rings (SSSR count). The van der Waals surface area contributed by atoms with Crippen LogP contribution in [0.5, 0.6) is 5.75 Å². The maximum absolute atomic E-state index is 12.2. The van der Waals surface area contributed by atoms with E-state index in [4.69, 9.17) is 9.47 Å². The Morgan fingerprint density at radius 3 is 2.50 bits per heavy atom. The minimum absolute atomic E-state index is 0.120. The van der Waals surface area contributed by atoms with Crippen molar-refractivity contribution in [2.24, 2.45) is 5.92 Å². The van der Waals surface area contributed by atoms with E-state index in [0.29, 0.717) is 36.9 Å². The molecule has 162 valence electrons. The number of anilines is 2. The molecule has 0 bridgehead atoms. The Labute approximate surface area is 178 Å². The number of benzene rings is 2. The van der Waals surface area contributed by atoms with Gasteiger partial charge in [0.1, 0.15) is 5.75 Å². The van der Waals surface area contributed by atoms with Crippen LogP contribution in [-0.2, 0) is 9.53 Å². The Bertz CT molecular complexity index is 806. The van der Waals surface area contributed by atoms with Crippen LogP contribution in [0.2, 0.25) is 0 Å². The van der Waals surface area contributed by atoms with Gasteiger partial charge in [-0.05, 0) is 48.7 Å². The van der Waals surface area contributed by atoms with Gasteiger partial charge >= 0.3 is 0 Å². The molecule has 0 fully saturated rings. The van der Waals surface area contributed by atoms with Crippen molar-refractivity contribution in [3.8, 4) is 5.75 Å². The quantitative estimate of drug-likeness (QED) is 0.463. The van der Waals surface area contributed by atoms with E-state index in [9.17, 15) is 9.59 Å². The summed E-state index contributed by atoms with van der Waals surface area (Å²) in [6, 6.07) is 14.3. The monoisotopic (exact) mass is 413 g/mol. The van der Waals surface area contributed by atoms with Crippen molar-refractivity contribution in [1.29, 1.82) is 0 Å². The summed E-state index contributed by atoms with van der Waals surface area (Å²) >= 11 is 0. The lowest BCUT2D eigenvalue weighted by molar-refractivity contribution is -0.114. The number of amides is 2. The zero-order chi connectivity index (χ0) is 21.8. The average Bonchev–Trinajstić information content (AvgIpc) is 2.74. The van der Waals surface area contributed by atoms with Crippen LogP contribution in [0, 0.1) is 5.92 Å². The van der Waals surface area contributed by atoms with Gasteiger partial charge in [-0.15, -0.1) is 0 Å². The Hall–Kier alpha value is -3.06. The summed E-state index contributed by atoms with van der Waals surface area (Å²) < 4.78 is 10.7. The van der Waals surface area contributed by atoms with Crippen LogP contribution in [0.15, 0.2) is 48.5 Å². The van der Waals surface area contributed by atoms with Crippen LogP contribution in [0.1, 0.15) is 30.6 Å². The highest BCUT2D eigenvalue weighted by Gasteiger charge is 2.07. The van der Waals surface area contributed by atoms with Crippen LogP contribution in [0.25, 0.3) is 0 Å². The fourth-order valence-corrected chi connectivity index (χ4v) is 2.57. The standard InChI is InChI=1S/C23H31N3O4/c1-17(2)16-30-21-7-4-6-20(14-21)25-15-22(27)26-19-10-8-18(9-11-19)23(28)24-12-5-13-29-3/h4,6-11,14,17,25H,5,12-13,15-16H2,1-3H3,(H,24,28)(H,26,27). The number of methoxy groups -OCH3 is 1. The third kappa shape index (κ3) is 8.53. The highest BCUT2D eigenvalue weighted by atomic mass is 16.5. The predicted octanol–water partition coefficient (Wildman–Crippen LogP) is 3.54. The van der Waals surface area contributed by atoms with Crippen molar-refractivity contribution in [2.45, 2.75) is 20.3 Å². The molecule has 0 aromatic heterocycles. The Morgan fingerprint density at radius 2 is 1.80 bits per heavy atom. The minimum Gasteiger partial charge on any atom is -0.493 e. The van der Waals surface area contributed by atoms with Gasteiger partial charge in [-0.3, -0.25) is 9.59 Å². The van der Waals surface area contributed by atoms with Crippen molar-refractivity contribution in [3.05, 3.63) is 54.1 Å². The molecule has 0 aliphatic carbocycles. The first-order valence-electron chi connectivity index (χ1n) is 10.1. The lowest BCUT2D eigenvalue weighted by Crippen LogP contribution is -2.25. The maximum Gasteiger partial charge on any atom is 0.251 e. The molecule has 0 aliphatic heterocycles. The van der Waals surface area contributed by atoms with Crippen molar-refractivity contribution in [3.63, 3.8) is 0 Å². The molecule has 0 saturated heterocycles. The van der Waals surface area contributed by atoms with Crippen LogP contribution in [0.3, 0.4) is 0 Å². The molecule has 0 radical (unpaired) electrons. The van der Waals surface area contributed by atoms with Gasteiger partial charge in [0.15, 0.2) is 0 Å². The molecule has 0 aliphatic rings.